The zero-order valence-electron chi connectivity index (χ0n) is 13.1. The van der Waals surface area contributed by atoms with Gasteiger partial charge in [-0.2, -0.15) is 0 Å². The van der Waals surface area contributed by atoms with Crippen molar-refractivity contribution in [3.05, 3.63) is 41.7 Å². The van der Waals surface area contributed by atoms with Gasteiger partial charge in [-0.1, -0.05) is 0 Å². The summed E-state index contributed by atoms with van der Waals surface area (Å²) in [6.07, 6.45) is 4.66. The van der Waals surface area contributed by atoms with E-state index in [0.29, 0.717) is 37.0 Å². The van der Waals surface area contributed by atoms with Gasteiger partial charge in [0, 0.05) is 19.3 Å². The number of carbonyl (C=O) groups excluding carboxylic acids is 1. The fourth-order valence-electron chi connectivity index (χ4n) is 2.71. The molecule has 7 heteroatoms. The summed E-state index contributed by atoms with van der Waals surface area (Å²) in [5.41, 5.74) is 7.42. The van der Waals surface area contributed by atoms with Crippen LogP contribution in [0.2, 0.25) is 0 Å². The Labute approximate surface area is 134 Å². The SMILES string of the molecule is Cc1ncoc1C(=O)N1CCO[C@H](CCc2ccnc(N)c2)C1. The predicted octanol–water partition coefficient (Wildman–Crippen LogP) is 1.43. The summed E-state index contributed by atoms with van der Waals surface area (Å²) in [6, 6.07) is 3.81. The molecule has 2 aromatic heterocycles. The molecule has 0 aliphatic carbocycles. The lowest BCUT2D eigenvalue weighted by molar-refractivity contribution is -0.0255. The predicted molar refractivity (Wildman–Crippen MR) is 83.9 cm³/mol. The summed E-state index contributed by atoms with van der Waals surface area (Å²) < 4.78 is 11.0. The van der Waals surface area contributed by atoms with Gasteiger partial charge >= 0.3 is 0 Å². The zero-order chi connectivity index (χ0) is 16.2. The standard InChI is InChI=1S/C16H20N4O3/c1-11-15(23-10-19-11)16(21)20-6-7-22-13(9-20)3-2-12-4-5-18-14(17)8-12/h4-5,8,10,13H,2-3,6-7,9H2,1H3,(H2,17,18)/t13-/m1/s1. The minimum absolute atomic E-state index is 0.00492. The van der Waals surface area contributed by atoms with Crippen LogP contribution in [0, 0.1) is 6.92 Å². The second-order valence-corrected chi connectivity index (χ2v) is 5.64. The first-order valence-corrected chi connectivity index (χ1v) is 7.65. The number of ether oxygens (including phenoxy) is 1. The molecule has 1 atom stereocenters. The number of morpholine rings is 1. The molecule has 23 heavy (non-hydrogen) atoms. The molecule has 0 bridgehead atoms. The smallest absolute Gasteiger partial charge is 0.291 e. The zero-order valence-corrected chi connectivity index (χ0v) is 13.1. The maximum Gasteiger partial charge on any atom is 0.291 e. The number of nitrogens with zero attached hydrogens (tertiary/aromatic N) is 3. The van der Waals surface area contributed by atoms with Gasteiger partial charge in [-0.3, -0.25) is 4.79 Å². The molecule has 7 nitrogen and oxygen atoms in total. The maximum absolute atomic E-state index is 12.5. The lowest BCUT2D eigenvalue weighted by Gasteiger charge is -2.32. The minimum Gasteiger partial charge on any atom is -0.438 e. The third-order valence-corrected chi connectivity index (χ3v) is 3.97. The van der Waals surface area contributed by atoms with E-state index in [4.69, 9.17) is 14.9 Å². The second kappa shape index (κ2) is 6.78. The Bertz CT molecular complexity index is 685. The highest BCUT2D eigenvalue weighted by atomic mass is 16.5. The van der Waals surface area contributed by atoms with E-state index in [1.807, 2.05) is 12.1 Å². The van der Waals surface area contributed by atoms with Crippen LogP contribution in [0.4, 0.5) is 5.82 Å². The monoisotopic (exact) mass is 316 g/mol. The van der Waals surface area contributed by atoms with E-state index in [0.717, 1.165) is 18.4 Å². The minimum atomic E-state index is -0.124. The summed E-state index contributed by atoms with van der Waals surface area (Å²) in [5, 5.41) is 0. The van der Waals surface area contributed by atoms with Gasteiger partial charge in [0.2, 0.25) is 5.76 Å². The quantitative estimate of drug-likeness (QED) is 0.917. The maximum atomic E-state index is 12.5. The molecule has 0 saturated carbocycles. The third kappa shape index (κ3) is 3.68. The van der Waals surface area contributed by atoms with Gasteiger partial charge in [-0.15, -0.1) is 0 Å². The highest BCUT2D eigenvalue weighted by Crippen LogP contribution is 2.16. The van der Waals surface area contributed by atoms with E-state index in [2.05, 4.69) is 9.97 Å². The Hall–Kier alpha value is -2.41. The Morgan fingerprint density at radius 1 is 1.48 bits per heavy atom. The van der Waals surface area contributed by atoms with Crippen LogP contribution in [0.3, 0.4) is 0 Å². The van der Waals surface area contributed by atoms with Crippen molar-refractivity contribution in [3.63, 3.8) is 0 Å². The molecule has 1 aliphatic heterocycles. The number of nitrogen functional groups attached to an aromatic ring is 1. The molecule has 1 saturated heterocycles. The number of rotatable bonds is 4. The molecule has 2 aromatic rings. The van der Waals surface area contributed by atoms with Crippen molar-refractivity contribution < 1.29 is 13.9 Å². The molecule has 3 heterocycles. The van der Waals surface area contributed by atoms with E-state index in [1.165, 1.54) is 6.39 Å². The summed E-state index contributed by atoms with van der Waals surface area (Å²) in [5.74, 6) is 0.707. The van der Waals surface area contributed by atoms with Gasteiger partial charge < -0.3 is 19.8 Å². The fraction of sp³-hybridized carbons (Fsp3) is 0.438. The molecule has 122 valence electrons. The number of hydrogen-bond donors (Lipinski definition) is 1. The first-order chi connectivity index (χ1) is 11.1. The van der Waals surface area contributed by atoms with Crippen LogP contribution in [-0.2, 0) is 11.2 Å². The number of nitrogens with two attached hydrogens (primary N) is 1. The van der Waals surface area contributed by atoms with Gasteiger partial charge in [0.1, 0.15) is 5.82 Å². The molecule has 2 N–H and O–H groups in total. The molecule has 0 aromatic carbocycles. The van der Waals surface area contributed by atoms with Crippen LogP contribution in [0.15, 0.2) is 29.1 Å². The van der Waals surface area contributed by atoms with E-state index in [1.54, 1.807) is 18.0 Å². The number of aryl methyl sites for hydroxylation is 2. The topological polar surface area (TPSA) is 94.5 Å². The van der Waals surface area contributed by atoms with Gasteiger partial charge in [0.25, 0.3) is 5.91 Å². The molecule has 0 radical (unpaired) electrons. The van der Waals surface area contributed by atoms with Crippen molar-refractivity contribution in [2.24, 2.45) is 0 Å². The van der Waals surface area contributed by atoms with E-state index in [-0.39, 0.29) is 12.0 Å². The normalized spacial score (nSPS) is 18.1. The van der Waals surface area contributed by atoms with Crippen molar-refractivity contribution in [2.45, 2.75) is 25.9 Å². The number of anilines is 1. The van der Waals surface area contributed by atoms with Crippen LogP contribution in [0.5, 0.6) is 0 Å². The van der Waals surface area contributed by atoms with Crippen molar-refractivity contribution in [3.8, 4) is 0 Å². The first-order valence-electron chi connectivity index (χ1n) is 7.65. The Morgan fingerprint density at radius 3 is 3.09 bits per heavy atom. The molecule has 3 rings (SSSR count). The molecule has 1 fully saturated rings. The van der Waals surface area contributed by atoms with Crippen molar-refractivity contribution in [2.75, 3.05) is 25.4 Å². The summed E-state index contributed by atoms with van der Waals surface area (Å²) >= 11 is 0. The van der Waals surface area contributed by atoms with Gasteiger partial charge in [-0.25, -0.2) is 9.97 Å². The van der Waals surface area contributed by atoms with Crippen molar-refractivity contribution in [1.29, 1.82) is 0 Å². The molecular formula is C16H20N4O3. The second-order valence-electron chi connectivity index (χ2n) is 5.64. The Balaban J connectivity index is 1.58. The molecule has 1 amide bonds. The number of aromatic nitrogens is 2. The molecule has 0 spiro atoms. The Kier molecular flexibility index (Phi) is 4.57. The average Bonchev–Trinajstić information content (AvgIpc) is 2.99. The van der Waals surface area contributed by atoms with Crippen LogP contribution in [0.25, 0.3) is 0 Å². The van der Waals surface area contributed by atoms with Crippen LogP contribution < -0.4 is 5.73 Å². The third-order valence-electron chi connectivity index (χ3n) is 3.97. The molecule has 0 unspecified atom stereocenters. The summed E-state index contributed by atoms with van der Waals surface area (Å²) in [6.45, 7) is 3.42. The van der Waals surface area contributed by atoms with Gasteiger partial charge in [0.05, 0.1) is 18.4 Å². The van der Waals surface area contributed by atoms with E-state index in [9.17, 15) is 4.79 Å². The number of carbonyl (C=O) groups is 1. The Morgan fingerprint density at radius 2 is 2.35 bits per heavy atom. The number of hydrogen-bond acceptors (Lipinski definition) is 6. The number of oxazole rings is 1. The lowest BCUT2D eigenvalue weighted by atomic mass is 10.1. The lowest BCUT2D eigenvalue weighted by Crippen LogP contribution is -2.45. The highest BCUT2D eigenvalue weighted by molar-refractivity contribution is 5.92. The van der Waals surface area contributed by atoms with Crippen molar-refractivity contribution >= 4 is 11.7 Å². The van der Waals surface area contributed by atoms with Crippen LogP contribution in [-0.4, -0.2) is 46.6 Å². The largest absolute Gasteiger partial charge is 0.438 e. The fourth-order valence-corrected chi connectivity index (χ4v) is 2.71. The number of amides is 1. The van der Waals surface area contributed by atoms with Crippen LogP contribution in [0.1, 0.15) is 28.2 Å². The summed E-state index contributed by atoms with van der Waals surface area (Å²) in [7, 11) is 0. The van der Waals surface area contributed by atoms with Gasteiger partial charge in [-0.05, 0) is 37.5 Å². The van der Waals surface area contributed by atoms with E-state index >= 15 is 0 Å². The molecule has 1 aliphatic rings. The number of pyridine rings is 1. The summed E-state index contributed by atoms with van der Waals surface area (Å²) in [4.78, 5) is 22.2. The molecular weight excluding hydrogens is 296 g/mol. The van der Waals surface area contributed by atoms with Gasteiger partial charge in [0.15, 0.2) is 6.39 Å². The highest BCUT2D eigenvalue weighted by Gasteiger charge is 2.27. The average molecular weight is 316 g/mol. The van der Waals surface area contributed by atoms with Crippen LogP contribution >= 0.6 is 0 Å². The first kappa shape index (κ1) is 15.5. The van der Waals surface area contributed by atoms with E-state index < -0.39 is 0 Å². The van der Waals surface area contributed by atoms with Crippen molar-refractivity contribution in [1.82, 2.24) is 14.9 Å².